The summed E-state index contributed by atoms with van der Waals surface area (Å²) in [6, 6.07) is 9.29. The number of unbranched alkanes of at least 4 members (excludes halogenated alkanes) is 3. The van der Waals surface area contributed by atoms with E-state index >= 15 is 0 Å². The molecule has 118 valence electrons. The highest BCUT2D eigenvalue weighted by Gasteiger charge is 2.12. The summed E-state index contributed by atoms with van der Waals surface area (Å²) in [5.74, 6) is 1.02. The zero-order valence-electron chi connectivity index (χ0n) is 13.6. The molecule has 0 bridgehead atoms. The van der Waals surface area contributed by atoms with Crippen molar-refractivity contribution in [1.82, 2.24) is 5.32 Å². The van der Waals surface area contributed by atoms with Gasteiger partial charge in [-0.1, -0.05) is 57.6 Å². The van der Waals surface area contributed by atoms with Crippen LogP contribution in [0.3, 0.4) is 0 Å². The van der Waals surface area contributed by atoms with Crippen molar-refractivity contribution in [1.29, 1.82) is 0 Å². The SMILES string of the molecule is CCCCCCOc1cccc(CNC2CCCCC2)c1. The minimum atomic E-state index is 0.720. The molecule has 0 aromatic heterocycles. The first-order valence-electron chi connectivity index (χ1n) is 8.83. The molecule has 1 aromatic carbocycles. The van der Waals surface area contributed by atoms with E-state index in [-0.39, 0.29) is 0 Å². The Balaban J connectivity index is 1.69. The molecule has 1 fully saturated rings. The fourth-order valence-corrected chi connectivity index (χ4v) is 3.03. The molecule has 0 amide bonds. The highest BCUT2D eigenvalue weighted by molar-refractivity contribution is 5.28. The lowest BCUT2D eigenvalue weighted by Crippen LogP contribution is -2.30. The lowest BCUT2D eigenvalue weighted by Gasteiger charge is -2.23. The Morgan fingerprint density at radius 1 is 1.10 bits per heavy atom. The fourth-order valence-electron chi connectivity index (χ4n) is 3.03. The quantitative estimate of drug-likeness (QED) is 0.641. The summed E-state index contributed by atoms with van der Waals surface area (Å²) in [7, 11) is 0. The maximum Gasteiger partial charge on any atom is 0.119 e. The van der Waals surface area contributed by atoms with Crippen LogP contribution in [0.5, 0.6) is 5.75 Å². The van der Waals surface area contributed by atoms with E-state index in [2.05, 4.69) is 36.5 Å². The summed E-state index contributed by atoms with van der Waals surface area (Å²) < 4.78 is 5.86. The first-order valence-corrected chi connectivity index (χ1v) is 8.83. The molecule has 1 aliphatic rings. The van der Waals surface area contributed by atoms with Gasteiger partial charge in [-0.2, -0.15) is 0 Å². The van der Waals surface area contributed by atoms with Crippen LogP contribution in [0.1, 0.15) is 70.3 Å². The highest BCUT2D eigenvalue weighted by atomic mass is 16.5. The summed E-state index contributed by atoms with van der Waals surface area (Å²) >= 11 is 0. The van der Waals surface area contributed by atoms with Crippen LogP contribution in [0.15, 0.2) is 24.3 Å². The molecule has 2 heteroatoms. The van der Waals surface area contributed by atoms with Crippen molar-refractivity contribution in [3.05, 3.63) is 29.8 Å². The summed E-state index contributed by atoms with van der Waals surface area (Å²) in [5, 5.41) is 3.69. The summed E-state index contributed by atoms with van der Waals surface area (Å²) in [4.78, 5) is 0. The van der Waals surface area contributed by atoms with Crippen molar-refractivity contribution in [2.75, 3.05) is 6.61 Å². The molecule has 0 aliphatic heterocycles. The Kier molecular flexibility index (Phi) is 7.66. The van der Waals surface area contributed by atoms with Crippen LogP contribution >= 0.6 is 0 Å². The highest BCUT2D eigenvalue weighted by Crippen LogP contribution is 2.19. The van der Waals surface area contributed by atoms with Crippen LogP contribution in [-0.4, -0.2) is 12.6 Å². The standard InChI is InChI=1S/C19H31NO/c1-2-3-4-8-14-21-19-13-9-10-17(15-19)16-20-18-11-6-5-7-12-18/h9-10,13,15,18,20H,2-8,11-12,14,16H2,1H3. The molecule has 2 nitrogen and oxygen atoms in total. The molecule has 1 aromatic rings. The Labute approximate surface area is 130 Å². The molecule has 0 unspecified atom stereocenters. The van der Waals surface area contributed by atoms with Gasteiger partial charge in [-0.25, -0.2) is 0 Å². The fraction of sp³-hybridized carbons (Fsp3) is 0.684. The second-order valence-electron chi connectivity index (χ2n) is 6.27. The average Bonchev–Trinajstić information content (AvgIpc) is 2.54. The van der Waals surface area contributed by atoms with Crippen molar-refractivity contribution in [3.63, 3.8) is 0 Å². The van der Waals surface area contributed by atoms with Crippen molar-refractivity contribution in [2.45, 2.75) is 77.3 Å². The van der Waals surface area contributed by atoms with Gasteiger partial charge in [-0.3, -0.25) is 0 Å². The van der Waals surface area contributed by atoms with Crippen molar-refractivity contribution >= 4 is 0 Å². The van der Waals surface area contributed by atoms with Gasteiger partial charge in [-0.05, 0) is 37.0 Å². The Morgan fingerprint density at radius 2 is 1.95 bits per heavy atom. The van der Waals surface area contributed by atoms with Crippen LogP contribution in [0, 0.1) is 0 Å². The summed E-state index contributed by atoms with van der Waals surface area (Å²) in [6.45, 7) is 4.06. The van der Waals surface area contributed by atoms with Crippen LogP contribution in [0.4, 0.5) is 0 Å². The van der Waals surface area contributed by atoms with Gasteiger partial charge < -0.3 is 10.1 Å². The smallest absolute Gasteiger partial charge is 0.119 e. The molecular formula is C19H31NO. The van der Waals surface area contributed by atoms with Crippen LogP contribution < -0.4 is 10.1 Å². The van der Waals surface area contributed by atoms with E-state index in [1.165, 1.54) is 63.4 Å². The van der Waals surface area contributed by atoms with E-state index in [0.717, 1.165) is 24.9 Å². The molecule has 0 heterocycles. The number of hydrogen-bond acceptors (Lipinski definition) is 2. The molecule has 1 aliphatic carbocycles. The molecule has 0 radical (unpaired) electrons. The third-order valence-corrected chi connectivity index (χ3v) is 4.37. The minimum Gasteiger partial charge on any atom is -0.494 e. The number of nitrogens with one attached hydrogen (secondary N) is 1. The second-order valence-corrected chi connectivity index (χ2v) is 6.27. The van der Waals surface area contributed by atoms with E-state index in [4.69, 9.17) is 4.74 Å². The maximum atomic E-state index is 5.86. The van der Waals surface area contributed by atoms with Gasteiger partial charge in [0, 0.05) is 12.6 Å². The van der Waals surface area contributed by atoms with Crippen molar-refractivity contribution < 1.29 is 4.74 Å². The van der Waals surface area contributed by atoms with Gasteiger partial charge >= 0.3 is 0 Å². The van der Waals surface area contributed by atoms with Crippen LogP contribution in [0.2, 0.25) is 0 Å². The number of benzene rings is 1. The van der Waals surface area contributed by atoms with E-state index in [9.17, 15) is 0 Å². The topological polar surface area (TPSA) is 21.3 Å². The first kappa shape index (κ1) is 16.4. The molecule has 0 saturated heterocycles. The van der Waals surface area contributed by atoms with Crippen LogP contribution in [0.25, 0.3) is 0 Å². The Hall–Kier alpha value is -1.02. The predicted molar refractivity (Wildman–Crippen MR) is 89.8 cm³/mol. The third-order valence-electron chi connectivity index (χ3n) is 4.37. The molecule has 1 N–H and O–H groups in total. The van der Waals surface area contributed by atoms with Gasteiger partial charge in [0.15, 0.2) is 0 Å². The zero-order valence-corrected chi connectivity index (χ0v) is 13.6. The maximum absolute atomic E-state index is 5.86. The molecule has 0 spiro atoms. The number of rotatable bonds is 9. The number of hydrogen-bond donors (Lipinski definition) is 1. The normalized spacial score (nSPS) is 16.0. The molecule has 0 atom stereocenters. The lowest BCUT2D eigenvalue weighted by molar-refractivity contribution is 0.304. The van der Waals surface area contributed by atoms with Gasteiger partial charge in [0.25, 0.3) is 0 Å². The Morgan fingerprint density at radius 3 is 2.76 bits per heavy atom. The van der Waals surface area contributed by atoms with E-state index in [1.807, 2.05) is 0 Å². The van der Waals surface area contributed by atoms with Gasteiger partial charge in [0.1, 0.15) is 5.75 Å². The predicted octanol–water partition coefficient (Wildman–Crippen LogP) is 5.07. The second kappa shape index (κ2) is 9.83. The van der Waals surface area contributed by atoms with Gasteiger partial charge in [0.05, 0.1) is 6.61 Å². The molecule has 21 heavy (non-hydrogen) atoms. The lowest BCUT2D eigenvalue weighted by atomic mass is 9.95. The summed E-state index contributed by atoms with van der Waals surface area (Å²) in [5.41, 5.74) is 1.34. The largest absolute Gasteiger partial charge is 0.494 e. The van der Waals surface area contributed by atoms with Gasteiger partial charge in [0.2, 0.25) is 0 Å². The average molecular weight is 289 g/mol. The monoisotopic (exact) mass is 289 g/mol. The molecule has 1 saturated carbocycles. The third kappa shape index (κ3) is 6.52. The number of ether oxygens (including phenoxy) is 1. The van der Waals surface area contributed by atoms with Crippen molar-refractivity contribution in [2.24, 2.45) is 0 Å². The molecular weight excluding hydrogens is 258 g/mol. The zero-order chi connectivity index (χ0) is 14.8. The molecule has 2 rings (SSSR count). The van der Waals surface area contributed by atoms with Gasteiger partial charge in [-0.15, -0.1) is 0 Å². The van der Waals surface area contributed by atoms with E-state index < -0.39 is 0 Å². The minimum absolute atomic E-state index is 0.720. The Bertz CT molecular complexity index is 385. The van der Waals surface area contributed by atoms with Crippen molar-refractivity contribution in [3.8, 4) is 5.75 Å². The first-order chi connectivity index (χ1) is 10.4. The van der Waals surface area contributed by atoms with E-state index in [1.54, 1.807) is 0 Å². The summed E-state index contributed by atoms with van der Waals surface area (Å²) in [6.07, 6.45) is 11.9. The van der Waals surface area contributed by atoms with Crippen LogP contribution in [-0.2, 0) is 6.54 Å². The van der Waals surface area contributed by atoms with E-state index in [0.29, 0.717) is 0 Å².